The zero-order valence-corrected chi connectivity index (χ0v) is 14.0. The molecule has 0 bridgehead atoms. The van der Waals surface area contributed by atoms with Gasteiger partial charge in [0.15, 0.2) is 0 Å². The molecule has 1 heterocycles. The van der Waals surface area contributed by atoms with Gasteiger partial charge in [0.1, 0.15) is 10.9 Å². The Hall–Kier alpha value is -1.14. The van der Waals surface area contributed by atoms with Crippen LogP contribution >= 0.6 is 11.8 Å². The van der Waals surface area contributed by atoms with Crippen molar-refractivity contribution in [1.29, 1.82) is 0 Å². The van der Waals surface area contributed by atoms with Crippen molar-refractivity contribution in [2.75, 3.05) is 19.8 Å². The fraction of sp³-hybridized carbons (Fsp3) is 0.667. The maximum Gasteiger partial charge on any atom is 0.258 e. The van der Waals surface area contributed by atoms with Crippen molar-refractivity contribution in [3.63, 3.8) is 0 Å². The highest BCUT2D eigenvalue weighted by atomic mass is 32.2. The van der Waals surface area contributed by atoms with E-state index in [0.717, 1.165) is 25.7 Å². The Morgan fingerprint density at radius 1 is 1.33 bits per heavy atom. The lowest BCUT2D eigenvalue weighted by molar-refractivity contribution is 0.0154. The Labute approximate surface area is 130 Å². The van der Waals surface area contributed by atoms with E-state index in [4.69, 9.17) is 0 Å². The van der Waals surface area contributed by atoms with Gasteiger partial charge in [-0.05, 0) is 32.9 Å². The first kappa shape index (κ1) is 16.2. The van der Waals surface area contributed by atoms with E-state index in [-0.39, 0.29) is 5.91 Å². The summed E-state index contributed by atoms with van der Waals surface area (Å²) < 4.78 is 0. The van der Waals surface area contributed by atoms with Gasteiger partial charge in [-0.2, -0.15) is 0 Å². The van der Waals surface area contributed by atoms with Gasteiger partial charge in [-0.25, -0.2) is 9.97 Å². The lowest BCUT2D eigenvalue weighted by Gasteiger charge is -2.29. The molecule has 1 fully saturated rings. The molecule has 6 heteroatoms. The van der Waals surface area contributed by atoms with Crippen LogP contribution in [0.3, 0.4) is 0 Å². The normalized spacial score (nSPS) is 17.0. The first-order valence-electron chi connectivity index (χ1n) is 7.23. The molecule has 1 saturated carbocycles. The predicted octanol–water partition coefficient (Wildman–Crippen LogP) is 2.19. The summed E-state index contributed by atoms with van der Waals surface area (Å²) in [5, 5.41) is 11.2. The zero-order chi connectivity index (χ0) is 15.6. The summed E-state index contributed by atoms with van der Waals surface area (Å²) in [5.74, 6) is 0.558. The molecule has 0 saturated heterocycles. The standard InChI is InChI=1S/C15H23N3O2S/c1-10-12(13(21-4)17-11(2)16-10)14(19)18(3)9-15(20)7-5-6-8-15/h20H,5-9H2,1-4H3. The molecule has 2 rings (SSSR count). The fourth-order valence-electron chi connectivity index (χ4n) is 2.97. The van der Waals surface area contributed by atoms with E-state index in [2.05, 4.69) is 9.97 Å². The van der Waals surface area contributed by atoms with E-state index in [9.17, 15) is 9.90 Å². The van der Waals surface area contributed by atoms with Gasteiger partial charge in [-0.3, -0.25) is 4.79 Å². The Morgan fingerprint density at radius 2 is 1.95 bits per heavy atom. The number of carbonyl (C=O) groups is 1. The van der Waals surface area contributed by atoms with Crippen LogP contribution in [0.4, 0.5) is 0 Å². The number of aryl methyl sites for hydroxylation is 2. The van der Waals surface area contributed by atoms with Gasteiger partial charge in [0.25, 0.3) is 5.91 Å². The number of thioether (sulfide) groups is 1. The van der Waals surface area contributed by atoms with Crippen molar-refractivity contribution in [1.82, 2.24) is 14.9 Å². The molecule has 1 N–H and O–H groups in total. The van der Waals surface area contributed by atoms with Crippen molar-refractivity contribution in [2.45, 2.75) is 50.2 Å². The van der Waals surface area contributed by atoms with E-state index in [1.54, 1.807) is 11.9 Å². The van der Waals surface area contributed by atoms with Crippen LogP contribution in [0.25, 0.3) is 0 Å². The third-order valence-electron chi connectivity index (χ3n) is 3.99. The Bertz CT molecular complexity index is 542. The van der Waals surface area contributed by atoms with Gasteiger partial charge < -0.3 is 10.0 Å². The summed E-state index contributed by atoms with van der Waals surface area (Å²) in [5.41, 5.74) is 0.517. The second-order valence-corrected chi connectivity index (χ2v) is 6.63. The van der Waals surface area contributed by atoms with Crippen molar-refractivity contribution in [2.24, 2.45) is 0 Å². The van der Waals surface area contributed by atoms with Crippen LogP contribution in [-0.2, 0) is 0 Å². The van der Waals surface area contributed by atoms with E-state index < -0.39 is 5.60 Å². The largest absolute Gasteiger partial charge is 0.388 e. The Morgan fingerprint density at radius 3 is 2.52 bits per heavy atom. The first-order chi connectivity index (χ1) is 9.86. The third kappa shape index (κ3) is 3.55. The van der Waals surface area contributed by atoms with Crippen molar-refractivity contribution < 1.29 is 9.90 Å². The number of hydrogen-bond acceptors (Lipinski definition) is 5. The van der Waals surface area contributed by atoms with Gasteiger partial charge in [-0.1, -0.05) is 12.8 Å². The third-order valence-corrected chi connectivity index (χ3v) is 4.67. The van der Waals surface area contributed by atoms with Crippen LogP contribution in [0, 0.1) is 13.8 Å². The maximum absolute atomic E-state index is 12.7. The first-order valence-corrected chi connectivity index (χ1v) is 8.46. The lowest BCUT2D eigenvalue weighted by Crippen LogP contribution is -2.42. The molecule has 0 atom stereocenters. The summed E-state index contributed by atoms with van der Waals surface area (Å²) >= 11 is 1.45. The van der Waals surface area contributed by atoms with Crippen LogP contribution in [0.2, 0.25) is 0 Å². The van der Waals surface area contributed by atoms with E-state index >= 15 is 0 Å². The van der Waals surface area contributed by atoms with Crippen molar-refractivity contribution in [3.8, 4) is 0 Å². The van der Waals surface area contributed by atoms with Gasteiger partial charge in [0, 0.05) is 13.6 Å². The molecule has 1 aliphatic rings. The average Bonchev–Trinajstić information content (AvgIpc) is 2.83. The molecule has 5 nitrogen and oxygen atoms in total. The second kappa shape index (κ2) is 6.32. The Kier molecular flexibility index (Phi) is 4.88. The number of aliphatic hydroxyl groups is 1. The minimum absolute atomic E-state index is 0.114. The molecule has 1 aromatic heterocycles. The minimum atomic E-state index is -0.733. The van der Waals surface area contributed by atoms with Gasteiger partial charge in [0.2, 0.25) is 0 Å². The number of rotatable bonds is 4. The van der Waals surface area contributed by atoms with Crippen LogP contribution in [0.1, 0.15) is 47.6 Å². The highest BCUT2D eigenvalue weighted by Crippen LogP contribution is 2.31. The number of carbonyl (C=O) groups excluding carboxylic acids is 1. The smallest absolute Gasteiger partial charge is 0.258 e. The summed E-state index contributed by atoms with van der Waals surface area (Å²) in [6.07, 6.45) is 5.50. The van der Waals surface area contributed by atoms with Crippen LogP contribution < -0.4 is 0 Å². The highest BCUT2D eigenvalue weighted by molar-refractivity contribution is 7.98. The molecule has 1 aliphatic carbocycles. The molecule has 1 aromatic rings. The average molecular weight is 309 g/mol. The van der Waals surface area contributed by atoms with Crippen molar-refractivity contribution in [3.05, 3.63) is 17.1 Å². The molecule has 0 radical (unpaired) electrons. The molecular weight excluding hydrogens is 286 g/mol. The molecule has 1 amide bonds. The highest BCUT2D eigenvalue weighted by Gasteiger charge is 2.34. The number of aromatic nitrogens is 2. The number of nitrogens with zero attached hydrogens (tertiary/aromatic N) is 3. The van der Waals surface area contributed by atoms with E-state index in [1.165, 1.54) is 11.8 Å². The quantitative estimate of drug-likeness (QED) is 0.682. The van der Waals surface area contributed by atoms with Crippen molar-refractivity contribution >= 4 is 17.7 Å². The summed E-state index contributed by atoms with van der Waals surface area (Å²) in [7, 11) is 1.74. The maximum atomic E-state index is 12.7. The number of likely N-dealkylation sites (N-methyl/N-ethyl adjacent to an activating group) is 1. The number of hydrogen-bond donors (Lipinski definition) is 1. The van der Waals surface area contributed by atoms with E-state index in [1.807, 2.05) is 20.1 Å². The lowest BCUT2D eigenvalue weighted by atomic mass is 10.0. The molecule has 0 aromatic carbocycles. The SMILES string of the molecule is CSc1nc(C)nc(C)c1C(=O)N(C)CC1(O)CCCC1. The second-order valence-electron chi connectivity index (χ2n) is 5.83. The predicted molar refractivity (Wildman–Crippen MR) is 83.7 cm³/mol. The van der Waals surface area contributed by atoms with Gasteiger partial charge in [0.05, 0.1) is 16.9 Å². The van der Waals surface area contributed by atoms with E-state index in [0.29, 0.717) is 28.7 Å². The molecule has 21 heavy (non-hydrogen) atoms. The van der Waals surface area contributed by atoms with Gasteiger partial charge >= 0.3 is 0 Å². The molecule has 0 unspecified atom stereocenters. The molecule has 0 spiro atoms. The fourth-order valence-corrected chi connectivity index (χ4v) is 3.63. The summed E-state index contributed by atoms with van der Waals surface area (Å²) in [4.78, 5) is 23.0. The summed E-state index contributed by atoms with van der Waals surface area (Å²) in [6, 6.07) is 0. The van der Waals surface area contributed by atoms with Gasteiger partial charge in [-0.15, -0.1) is 11.8 Å². The van der Waals surface area contributed by atoms with Crippen LogP contribution in [-0.4, -0.2) is 51.3 Å². The molecule has 0 aliphatic heterocycles. The molecular formula is C15H23N3O2S. The number of amides is 1. The molecule has 116 valence electrons. The zero-order valence-electron chi connectivity index (χ0n) is 13.1. The monoisotopic (exact) mass is 309 g/mol. The van der Waals surface area contributed by atoms with Crippen LogP contribution in [0.15, 0.2) is 5.03 Å². The summed E-state index contributed by atoms with van der Waals surface area (Å²) in [6.45, 7) is 4.03. The topological polar surface area (TPSA) is 66.3 Å². The Balaban J connectivity index is 2.23. The van der Waals surface area contributed by atoms with Crippen LogP contribution in [0.5, 0.6) is 0 Å². The minimum Gasteiger partial charge on any atom is -0.388 e.